The standard InChI is InChI=1S/C37H28N2/c1-37(2)33-21-27(35-19-15-29(23-38-35)25-9-5-3-6-10-25)13-17-31(33)32-18-14-28(22-34(32)37)36-20-16-30(24-39-36)26-11-7-4-8-12-26/h3-24H,1-2H3. The number of hydrogen-bond donors (Lipinski definition) is 0. The van der Waals surface area contributed by atoms with Gasteiger partial charge in [0, 0.05) is 40.1 Å². The van der Waals surface area contributed by atoms with Crippen molar-refractivity contribution < 1.29 is 0 Å². The van der Waals surface area contributed by atoms with Gasteiger partial charge in [0.15, 0.2) is 0 Å². The number of fused-ring (bicyclic) bond motifs is 3. The Morgan fingerprint density at radius 1 is 0.410 bits per heavy atom. The Bertz CT molecular complexity index is 1650. The third kappa shape index (κ3) is 4.06. The van der Waals surface area contributed by atoms with Crippen molar-refractivity contribution in [1.29, 1.82) is 0 Å². The number of nitrogens with zero attached hydrogens (tertiary/aromatic N) is 2. The van der Waals surface area contributed by atoms with Gasteiger partial charge < -0.3 is 0 Å². The number of aromatic nitrogens is 2. The van der Waals surface area contributed by atoms with Gasteiger partial charge in [-0.2, -0.15) is 0 Å². The summed E-state index contributed by atoms with van der Waals surface area (Å²) < 4.78 is 0. The minimum Gasteiger partial charge on any atom is -0.256 e. The van der Waals surface area contributed by atoms with Crippen molar-refractivity contribution in [1.82, 2.24) is 9.97 Å². The summed E-state index contributed by atoms with van der Waals surface area (Å²) in [6.07, 6.45) is 3.94. The average Bonchev–Trinajstić information content (AvgIpc) is 3.23. The molecule has 2 heterocycles. The van der Waals surface area contributed by atoms with Gasteiger partial charge in [0.2, 0.25) is 0 Å². The molecule has 0 saturated heterocycles. The van der Waals surface area contributed by atoms with Gasteiger partial charge in [-0.3, -0.25) is 9.97 Å². The topological polar surface area (TPSA) is 25.8 Å². The van der Waals surface area contributed by atoms with Crippen molar-refractivity contribution in [3.63, 3.8) is 0 Å². The van der Waals surface area contributed by atoms with Crippen LogP contribution in [-0.4, -0.2) is 9.97 Å². The predicted molar refractivity (Wildman–Crippen MR) is 161 cm³/mol. The van der Waals surface area contributed by atoms with Crippen molar-refractivity contribution in [2.45, 2.75) is 19.3 Å². The fraction of sp³-hybridized carbons (Fsp3) is 0.0811. The van der Waals surface area contributed by atoms with Crippen molar-refractivity contribution in [3.8, 4) is 55.9 Å². The molecule has 0 unspecified atom stereocenters. The van der Waals surface area contributed by atoms with Gasteiger partial charge in [0.1, 0.15) is 0 Å². The molecular formula is C37H28N2. The molecule has 6 aromatic rings. The molecule has 1 aliphatic rings. The van der Waals surface area contributed by atoms with Crippen LogP contribution in [-0.2, 0) is 5.41 Å². The second-order valence-corrected chi connectivity index (χ2v) is 10.7. The molecule has 2 heteroatoms. The fourth-order valence-corrected chi connectivity index (χ4v) is 5.79. The molecule has 2 aromatic heterocycles. The molecule has 0 bridgehead atoms. The summed E-state index contributed by atoms with van der Waals surface area (Å²) in [7, 11) is 0. The van der Waals surface area contributed by atoms with Gasteiger partial charge in [0.25, 0.3) is 0 Å². The molecule has 0 N–H and O–H groups in total. The van der Waals surface area contributed by atoms with Crippen LogP contribution in [0.4, 0.5) is 0 Å². The van der Waals surface area contributed by atoms with Crippen LogP contribution in [0, 0.1) is 0 Å². The van der Waals surface area contributed by atoms with Gasteiger partial charge in [-0.05, 0) is 57.6 Å². The number of rotatable bonds is 4. The first-order chi connectivity index (χ1) is 19.1. The minimum absolute atomic E-state index is 0.120. The summed E-state index contributed by atoms with van der Waals surface area (Å²) >= 11 is 0. The van der Waals surface area contributed by atoms with Gasteiger partial charge in [-0.1, -0.05) is 111 Å². The van der Waals surface area contributed by atoms with Crippen LogP contribution in [0.5, 0.6) is 0 Å². The Labute approximate surface area is 229 Å². The molecule has 39 heavy (non-hydrogen) atoms. The lowest BCUT2D eigenvalue weighted by Crippen LogP contribution is -2.15. The molecule has 1 aliphatic carbocycles. The van der Waals surface area contributed by atoms with E-state index in [2.05, 4.69) is 123 Å². The van der Waals surface area contributed by atoms with Crippen LogP contribution >= 0.6 is 0 Å². The molecule has 7 rings (SSSR count). The average molecular weight is 501 g/mol. The molecule has 0 amide bonds. The fourth-order valence-electron chi connectivity index (χ4n) is 5.79. The SMILES string of the molecule is CC1(C)c2cc(-c3ccc(-c4ccccc4)cn3)ccc2-c2ccc(-c3ccc(-c4ccccc4)cn3)cc21. The second kappa shape index (κ2) is 9.18. The zero-order chi connectivity index (χ0) is 26.4. The first-order valence-corrected chi connectivity index (χ1v) is 13.4. The molecule has 0 fully saturated rings. The Morgan fingerprint density at radius 2 is 0.821 bits per heavy atom. The van der Waals surface area contributed by atoms with Crippen LogP contribution < -0.4 is 0 Å². The summed E-state index contributed by atoms with van der Waals surface area (Å²) in [6, 6.07) is 42.9. The van der Waals surface area contributed by atoms with Gasteiger partial charge in [-0.15, -0.1) is 0 Å². The van der Waals surface area contributed by atoms with Crippen molar-refractivity contribution in [3.05, 3.63) is 145 Å². The summed E-state index contributed by atoms with van der Waals surface area (Å²) in [5.74, 6) is 0. The van der Waals surface area contributed by atoms with Crippen LogP contribution in [0.2, 0.25) is 0 Å². The third-order valence-electron chi connectivity index (χ3n) is 8.01. The number of benzene rings is 4. The van der Waals surface area contributed by atoms with E-state index in [1.54, 1.807) is 0 Å². The molecular weight excluding hydrogens is 472 g/mol. The summed E-state index contributed by atoms with van der Waals surface area (Å²) in [4.78, 5) is 9.64. The molecule has 0 radical (unpaired) electrons. The van der Waals surface area contributed by atoms with Crippen molar-refractivity contribution >= 4 is 0 Å². The lowest BCUT2D eigenvalue weighted by atomic mass is 9.81. The van der Waals surface area contributed by atoms with Crippen LogP contribution in [0.15, 0.2) is 134 Å². The molecule has 0 spiro atoms. The van der Waals surface area contributed by atoms with E-state index in [9.17, 15) is 0 Å². The van der Waals surface area contributed by atoms with E-state index in [0.29, 0.717) is 0 Å². The van der Waals surface area contributed by atoms with Gasteiger partial charge in [0.05, 0.1) is 11.4 Å². The van der Waals surface area contributed by atoms with E-state index in [1.165, 1.54) is 33.4 Å². The van der Waals surface area contributed by atoms with Crippen LogP contribution in [0.3, 0.4) is 0 Å². The highest BCUT2D eigenvalue weighted by Gasteiger charge is 2.36. The molecule has 186 valence electrons. The molecule has 0 atom stereocenters. The first-order valence-electron chi connectivity index (χ1n) is 13.4. The highest BCUT2D eigenvalue weighted by molar-refractivity contribution is 5.85. The van der Waals surface area contributed by atoms with E-state index >= 15 is 0 Å². The Morgan fingerprint density at radius 3 is 1.21 bits per heavy atom. The summed E-state index contributed by atoms with van der Waals surface area (Å²) in [5, 5.41) is 0. The van der Waals surface area contributed by atoms with Gasteiger partial charge >= 0.3 is 0 Å². The largest absolute Gasteiger partial charge is 0.256 e. The maximum Gasteiger partial charge on any atom is 0.0702 e. The smallest absolute Gasteiger partial charge is 0.0702 e. The van der Waals surface area contributed by atoms with E-state index in [-0.39, 0.29) is 5.41 Å². The predicted octanol–water partition coefficient (Wildman–Crippen LogP) is 9.45. The third-order valence-corrected chi connectivity index (χ3v) is 8.01. The number of pyridine rings is 2. The van der Waals surface area contributed by atoms with Gasteiger partial charge in [-0.25, -0.2) is 0 Å². The first kappa shape index (κ1) is 23.3. The van der Waals surface area contributed by atoms with Crippen LogP contribution in [0.25, 0.3) is 55.9 Å². The molecule has 2 nitrogen and oxygen atoms in total. The Kier molecular flexibility index (Phi) is 5.49. The Hall–Kier alpha value is -4.82. The lowest BCUT2D eigenvalue weighted by molar-refractivity contribution is 0.661. The monoisotopic (exact) mass is 500 g/mol. The number of hydrogen-bond acceptors (Lipinski definition) is 2. The van der Waals surface area contributed by atoms with Crippen LogP contribution in [0.1, 0.15) is 25.0 Å². The second-order valence-electron chi connectivity index (χ2n) is 10.7. The maximum atomic E-state index is 4.82. The summed E-state index contributed by atoms with van der Waals surface area (Å²) in [5.41, 5.74) is 14.1. The normalized spacial score (nSPS) is 13.1. The van der Waals surface area contributed by atoms with E-state index < -0.39 is 0 Å². The van der Waals surface area contributed by atoms with E-state index in [1.807, 2.05) is 24.5 Å². The van der Waals surface area contributed by atoms with E-state index in [0.717, 1.165) is 33.6 Å². The summed E-state index contributed by atoms with van der Waals surface area (Å²) in [6.45, 7) is 4.65. The quantitative estimate of drug-likeness (QED) is 0.241. The Balaban J connectivity index is 1.20. The molecule has 4 aromatic carbocycles. The van der Waals surface area contributed by atoms with Crippen molar-refractivity contribution in [2.75, 3.05) is 0 Å². The maximum absolute atomic E-state index is 4.82. The zero-order valence-electron chi connectivity index (χ0n) is 22.1. The molecule has 0 saturated carbocycles. The van der Waals surface area contributed by atoms with Crippen molar-refractivity contribution in [2.24, 2.45) is 0 Å². The lowest BCUT2D eigenvalue weighted by Gasteiger charge is -2.22. The molecule has 0 aliphatic heterocycles. The minimum atomic E-state index is -0.120. The highest BCUT2D eigenvalue weighted by Crippen LogP contribution is 2.50. The zero-order valence-corrected chi connectivity index (χ0v) is 22.1. The van der Waals surface area contributed by atoms with E-state index in [4.69, 9.17) is 9.97 Å². The highest BCUT2D eigenvalue weighted by atomic mass is 14.7.